The van der Waals surface area contributed by atoms with E-state index < -0.39 is 0 Å². The van der Waals surface area contributed by atoms with E-state index in [-0.39, 0.29) is 6.04 Å². The van der Waals surface area contributed by atoms with Gasteiger partial charge in [-0.2, -0.15) is 10.4 Å². The van der Waals surface area contributed by atoms with Gasteiger partial charge in [0, 0.05) is 39.3 Å². The fourth-order valence-corrected chi connectivity index (χ4v) is 2.89. The lowest BCUT2D eigenvalue weighted by Gasteiger charge is -2.36. The van der Waals surface area contributed by atoms with E-state index in [2.05, 4.69) is 45.6 Å². The van der Waals surface area contributed by atoms with Crippen LogP contribution in [-0.4, -0.2) is 51.8 Å². The third kappa shape index (κ3) is 3.38. The van der Waals surface area contributed by atoms with Crippen molar-refractivity contribution in [2.75, 3.05) is 26.2 Å². The first-order chi connectivity index (χ1) is 9.67. The van der Waals surface area contributed by atoms with E-state index in [1.54, 1.807) is 0 Å². The molecule has 0 aromatic carbocycles. The Balaban J connectivity index is 1.90. The van der Waals surface area contributed by atoms with Gasteiger partial charge < -0.3 is 0 Å². The quantitative estimate of drug-likeness (QED) is 0.819. The second kappa shape index (κ2) is 6.87. The topological polar surface area (TPSA) is 48.1 Å². The number of nitrogens with zero attached hydrogens (tertiary/aromatic N) is 5. The maximum absolute atomic E-state index is 9.13. The van der Waals surface area contributed by atoms with E-state index in [9.17, 15) is 0 Å². The Labute approximate surface area is 121 Å². The van der Waals surface area contributed by atoms with Crippen LogP contribution in [0.25, 0.3) is 0 Å². The van der Waals surface area contributed by atoms with Crippen molar-refractivity contribution < 1.29 is 0 Å². The highest BCUT2D eigenvalue weighted by atomic mass is 15.3. The molecule has 1 fully saturated rings. The summed E-state index contributed by atoms with van der Waals surface area (Å²) in [6.07, 6.45) is 0.915. The normalized spacial score (nSPS) is 18.9. The molecule has 1 aliphatic rings. The van der Waals surface area contributed by atoms with Gasteiger partial charge in [0.25, 0.3) is 0 Å². The van der Waals surface area contributed by atoms with Gasteiger partial charge >= 0.3 is 0 Å². The van der Waals surface area contributed by atoms with Gasteiger partial charge in [0.2, 0.25) is 0 Å². The van der Waals surface area contributed by atoms with Crippen molar-refractivity contribution in [3.63, 3.8) is 0 Å². The molecular weight excluding hydrogens is 250 g/mol. The fourth-order valence-electron chi connectivity index (χ4n) is 2.89. The molecule has 110 valence electrons. The van der Waals surface area contributed by atoms with Gasteiger partial charge in [-0.1, -0.05) is 6.92 Å². The fraction of sp³-hybridized carbons (Fsp3) is 0.733. The molecule has 1 aromatic heterocycles. The van der Waals surface area contributed by atoms with E-state index >= 15 is 0 Å². The maximum Gasteiger partial charge on any atom is 0.0976 e. The molecule has 5 heteroatoms. The number of nitriles is 1. The highest BCUT2D eigenvalue weighted by Gasteiger charge is 2.23. The number of aromatic nitrogens is 2. The summed E-state index contributed by atoms with van der Waals surface area (Å²) in [5.41, 5.74) is 2.39. The summed E-state index contributed by atoms with van der Waals surface area (Å²) in [6.45, 7) is 12.2. The van der Waals surface area contributed by atoms with Crippen LogP contribution in [-0.2, 0) is 13.1 Å². The van der Waals surface area contributed by atoms with Crippen molar-refractivity contribution in [1.82, 2.24) is 19.6 Å². The lowest BCUT2D eigenvalue weighted by atomic mass is 10.2. The molecule has 0 aliphatic carbocycles. The SMILES string of the molecule is CCC(C#N)N1CCN(Cc2cc(C)nn2CC)CC1. The van der Waals surface area contributed by atoms with Crippen molar-refractivity contribution in [3.05, 3.63) is 17.5 Å². The predicted octanol–water partition coefficient (Wildman–Crippen LogP) is 1.63. The molecule has 0 radical (unpaired) electrons. The van der Waals surface area contributed by atoms with E-state index in [1.807, 2.05) is 6.92 Å². The summed E-state index contributed by atoms with van der Waals surface area (Å²) in [4.78, 5) is 4.77. The molecule has 2 rings (SSSR count). The molecule has 2 heterocycles. The summed E-state index contributed by atoms with van der Waals surface area (Å²) in [7, 11) is 0. The van der Waals surface area contributed by atoms with Crippen LogP contribution in [0.4, 0.5) is 0 Å². The molecule has 1 atom stereocenters. The standard InChI is InChI=1S/C15H25N5/c1-4-14(11-16)19-8-6-18(7-9-19)12-15-10-13(3)17-20(15)5-2/h10,14H,4-9,12H2,1-3H3. The third-order valence-corrected chi connectivity index (χ3v) is 4.05. The second-order valence-corrected chi connectivity index (χ2v) is 5.46. The molecule has 1 aromatic rings. The molecular formula is C15H25N5. The molecule has 20 heavy (non-hydrogen) atoms. The van der Waals surface area contributed by atoms with Gasteiger partial charge in [0.1, 0.15) is 0 Å². The summed E-state index contributed by atoms with van der Waals surface area (Å²) in [6, 6.07) is 4.67. The molecule has 1 unspecified atom stereocenters. The Morgan fingerprint density at radius 2 is 2.00 bits per heavy atom. The van der Waals surface area contributed by atoms with Gasteiger partial charge in [-0.15, -0.1) is 0 Å². The highest BCUT2D eigenvalue weighted by molar-refractivity contribution is 5.09. The molecule has 0 saturated carbocycles. The average Bonchev–Trinajstić information content (AvgIpc) is 2.82. The Bertz CT molecular complexity index is 465. The summed E-state index contributed by atoms with van der Waals surface area (Å²) in [5.74, 6) is 0. The number of aryl methyl sites for hydroxylation is 2. The first-order valence-electron chi connectivity index (χ1n) is 7.57. The lowest BCUT2D eigenvalue weighted by molar-refractivity contribution is 0.106. The lowest BCUT2D eigenvalue weighted by Crippen LogP contribution is -2.49. The van der Waals surface area contributed by atoms with Crippen LogP contribution in [0.15, 0.2) is 6.07 Å². The van der Waals surface area contributed by atoms with E-state index in [0.29, 0.717) is 0 Å². The van der Waals surface area contributed by atoms with Gasteiger partial charge in [0.15, 0.2) is 0 Å². The van der Waals surface area contributed by atoms with Crippen LogP contribution in [0.5, 0.6) is 0 Å². The Hall–Kier alpha value is -1.38. The number of hydrogen-bond acceptors (Lipinski definition) is 4. The summed E-state index contributed by atoms with van der Waals surface area (Å²) in [5, 5.41) is 13.6. The Kier molecular flexibility index (Phi) is 5.16. The Morgan fingerprint density at radius 3 is 2.55 bits per heavy atom. The van der Waals surface area contributed by atoms with Gasteiger partial charge in [-0.3, -0.25) is 14.5 Å². The summed E-state index contributed by atoms with van der Waals surface area (Å²) >= 11 is 0. The van der Waals surface area contributed by atoms with Crippen molar-refractivity contribution in [2.45, 2.75) is 46.3 Å². The predicted molar refractivity (Wildman–Crippen MR) is 79.2 cm³/mol. The minimum Gasteiger partial charge on any atom is -0.295 e. The molecule has 0 N–H and O–H groups in total. The van der Waals surface area contributed by atoms with Crippen molar-refractivity contribution in [2.24, 2.45) is 0 Å². The van der Waals surface area contributed by atoms with E-state index in [1.165, 1.54) is 5.69 Å². The van der Waals surface area contributed by atoms with Crippen molar-refractivity contribution in [3.8, 4) is 6.07 Å². The maximum atomic E-state index is 9.13. The number of rotatable bonds is 5. The van der Waals surface area contributed by atoms with Crippen LogP contribution in [0.3, 0.4) is 0 Å². The van der Waals surface area contributed by atoms with Gasteiger partial charge in [0.05, 0.1) is 23.5 Å². The number of hydrogen-bond donors (Lipinski definition) is 0. The minimum atomic E-state index is 0.0839. The summed E-state index contributed by atoms with van der Waals surface area (Å²) < 4.78 is 2.09. The van der Waals surface area contributed by atoms with E-state index in [4.69, 9.17) is 5.26 Å². The van der Waals surface area contributed by atoms with E-state index in [0.717, 1.165) is 51.4 Å². The van der Waals surface area contributed by atoms with Crippen LogP contribution in [0, 0.1) is 18.3 Å². The molecule has 5 nitrogen and oxygen atoms in total. The Morgan fingerprint density at radius 1 is 1.30 bits per heavy atom. The van der Waals surface area contributed by atoms with Crippen molar-refractivity contribution >= 4 is 0 Å². The van der Waals surface area contributed by atoms with Gasteiger partial charge in [-0.05, 0) is 26.3 Å². The van der Waals surface area contributed by atoms with Crippen LogP contribution >= 0.6 is 0 Å². The molecule has 0 amide bonds. The minimum absolute atomic E-state index is 0.0839. The average molecular weight is 275 g/mol. The molecule has 1 saturated heterocycles. The second-order valence-electron chi connectivity index (χ2n) is 5.46. The van der Waals surface area contributed by atoms with Gasteiger partial charge in [-0.25, -0.2) is 0 Å². The smallest absolute Gasteiger partial charge is 0.0976 e. The third-order valence-electron chi connectivity index (χ3n) is 4.05. The monoisotopic (exact) mass is 275 g/mol. The van der Waals surface area contributed by atoms with Crippen LogP contribution < -0.4 is 0 Å². The first kappa shape index (κ1) is 15.0. The highest BCUT2D eigenvalue weighted by Crippen LogP contribution is 2.13. The van der Waals surface area contributed by atoms with Crippen molar-refractivity contribution in [1.29, 1.82) is 5.26 Å². The molecule has 0 spiro atoms. The van der Waals surface area contributed by atoms with Crippen LogP contribution in [0.1, 0.15) is 31.7 Å². The zero-order valence-electron chi connectivity index (χ0n) is 12.8. The first-order valence-corrected chi connectivity index (χ1v) is 7.57. The number of piperazine rings is 1. The zero-order chi connectivity index (χ0) is 14.5. The molecule has 1 aliphatic heterocycles. The van der Waals surface area contributed by atoms with Crippen LogP contribution in [0.2, 0.25) is 0 Å². The molecule has 0 bridgehead atoms. The zero-order valence-corrected chi connectivity index (χ0v) is 12.8. The largest absolute Gasteiger partial charge is 0.295 e.